The lowest BCUT2D eigenvalue weighted by molar-refractivity contribution is -0.117. The molecule has 1 amide bonds. The van der Waals surface area contributed by atoms with Crippen molar-refractivity contribution < 1.29 is 19.0 Å². The maximum absolute atomic E-state index is 12.5. The first-order valence-electron chi connectivity index (χ1n) is 9.36. The molecule has 1 aromatic heterocycles. The molecule has 2 aromatic carbocycles. The van der Waals surface area contributed by atoms with E-state index >= 15 is 0 Å². The number of fused-ring (bicyclic) bond motifs is 1. The molecular weight excluding hydrogens is 382 g/mol. The molecule has 0 spiro atoms. The highest BCUT2D eigenvalue weighted by atomic mass is 16.5. The SMILES string of the molecule is COc1cc(OC)c(OC)cc1/C=C(/C#N)C(=O)NCCc1c[nH]c2ccccc12. The Morgan fingerprint density at radius 1 is 1.10 bits per heavy atom. The smallest absolute Gasteiger partial charge is 0.261 e. The van der Waals surface area contributed by atoms with Gasteiger partial charge in [-0.1, -0.05) is 18.2 Å². The summed E-state index contributed by atoms with van der Waals surface area (Å²) in [5.74, 6) is 0.982. The minimum Gasteiger partial charge on any atom is -0.496 e. The van der Waals surface area contributed by atoms with Crippen LogP contribution >= 0.6 is 0 Å². The Hall–Kier alpha value is -3.92. The molecule has 1 heterocycles. The van der Waals surface area contributed by atoms with Gasteiger partial charge in [-0.15, -0.1) is 0 Å². The molecule has 0 aliphatic rings. The van der Waals surface area contributed by atoms with E-state index in [1.165, 1.54) is 27.4 Å². The summed E-state index contributed by atoms with van der Waals surface area (Å²) in [6.45, 7) is 0.406. The molecule has 7 heteroatoms. The summed E-state index contributed by atoms with van der Waals surface area (Å²) in [5.41, 5.74) is 2.67. The number of carbonyl (C=O) groups is 1. The fourth-order valence-corrected chi connectivity index (χ4v) is 3.21. The summed E-state index contributed by atoms with van der Waals surface area (Å²) < 4.78 is 15.9. The molecular formula is C23H23N3O4. The third-order valence-corrected chi connectivity index (χ3v) is 4.76. The topological polar surface area (TPSA) is 96.4 Å². The number of aromatic nitrogens is 1. The predicted molar refractivity (Wildman–Crippen MR) is 115 cm³/mol. The number of nitrogens with zero attached hydrogens (tertiary/aromatic N) is 1. The quantitative estimate of drug-likeness (QED) is 0.442. The van der Waals surface area contributed by atoms with Gasteiger partial charge in [0.25, 0.3) is 5.91 Å². The Morgan fingerprint density at radius 3 is 2.50 bits per heavy atom. The summed E-state index contributed by atoms with van der Waals surface area (Å²) >= 11 is 0. The summed E-state index contributed by atoms with van der Waals surface area (Å²) in [6.07, 6.45) is 4.06. The number of H-pyrrole nitrogens is 1. The highest BCUT2D eigenvalue weighted by Gasteiger charge is 2.14. The number of benzene rings is 2. The highest BCUT2D eigenvalue weighted by molar-refractivity contribution is 6.02. The molecule has 3 aromatic rings. The van der Waals surface area contributed by atoms with E-state index in [4.69, 9.17) is 14.2 Å². The minimum atomic E-state index is -0.450. The Balaban J connectivity index is 1.74. The summed E-state index contributed by atoms with van der Waals surface area (Å²) in [6, 6.07) is 13.3. The molecule has 0 bridgehead atoms. The molecule has 7 nitrogen and oxygen atoms in total. The van der Waals surface area contributed by atoms with Crippen LogP contribution in [-0.4, -0.2) is 38.8 Å². The lowest BCUT2D eigenvalue weighted by Gasteiger charge is -2.12. The first kappa shape index (κ1) is 20.8. The summed E-state index contributed by atoms with van der Waals surface area (Å²) in [7, 11) is 4.54. The van der Waals surface area contributed by atoms with Crippen LogP contribution in [0.15, 0.2) is 48.2 Å². The largest absolute Gasteiger partial charge is 0.496 e. The number of rotatable bonds is 8. The first-order valence-corrected chi connectivity index (χ1v) is 9.36. The van der Waals surface area contributed by atoms with E-state index < -0.39 is 5.91 Å². The van der Waals surface area contributed by atoms with E-state index in [0.29, 0.717) is 35.8 Å². The molecule has 3 rings (SSSR count). The third-order valence-electron chi connectivity index (χ3n) is 4.76. The van der Waals surface area contributed by atoms with E-state index in [1.807, 2.05) is 36.5 Å². The number of aromatic amines is 1. The van der Waals surface area contributed by atoms with E-state index in [2.05, 4.69) is 10.3 Å². The van der Waals surface area contributed by atoms with Gasteiger partial charge < -0.3 is 24.5 Å². The maximum Gasteiger partial charge on any atom is 0.261 e. The fraction of sp³-hybridized carbons (Fsp3) is 0.217. The van der Waals surface area contributed by atoms with E-state index in [0.717, 1.165) is 16.5 Å². The second-order valence-corrected chi connectivity index (χ2v) is 6.48. The van der Waals surface area contributed by atoms with Gasteiger partial charge in [-0.25, -0.2) is 0 Å². The number of methoxy groups -OCH3 is 3. The first-order chi connectivity index (χ1) is 14.6. The van der Waals surface area contributed by atoms with Gasteiger partial charge in [-0.2, -0.15) is 5.26 Å². The number of nitrogens with one attached hydrogen (secondary N) is 2. The van der Waals surface area contributed by atoms with E-state index in [-0.39, 0.29) is 5.57 Å². The molecule has 0 atom stereocenters. The predicted octanol–water partition coefficient (Wildman–Crippen LogP) is 3.46. The monoisotopic (exact) mass is 405 g/mol. The zero-order valence-electron chi connectivity index (χ0n) is 17.1. The van der Waals surface area contributed by atoms with Crippen molar-refractivity contribution in [3.63, 3.8) is 0 Å². The van der Waals surface area contributed by atoms with Crippen molar-refractivity contribution in [1.82, 2.24) is 10.3 Å². The molecule has 0 aliphatic heterocycles. The number of amides is 1. The average molecular weight is 405 g/mol. The van der Waals surface area contributed by atoms with Crippen LogP contribution in [0.1, 0.15) is 11.1 Å². The van der Waals surface area contributed by atoms with Gasteiger partial charge in [0.1, 0.15) is 17.4 Å². The highest BCUT2D eigenvalue weighted by Crippen LogP contribution is 2.35. The lowest BCUT2D eigenvalue weighted by atomic mass is 10.1. The number of nitriles is 1. The Bertz CT molecular complexity index is 1130. The van der Waals surface area contributed by atoms with Crippen molar-refractivity contribution in [2.24, 2.45) is 0 Å². The molecule has 2 N–H and O–H groups in total. The van der Waals surface area contributed by atoms with Crippen LogP contribution in [-0.2, 0) is 11.2 Å². The van der Waals surface area contributed by atoms with E-state index in [9.17, 15) is 10.1 Å². The Labute approximate surface area is 174 Å². The Kier molecular flexibility index (Phi) is 6.60. The zero-order valence-corrected chi connectivity index (χ0v) is 17.1. The van der Waals surface area contributed by atoms with Gasteiger partial charge in [0.2, 0.25) is 0 Å². The maximum atomic E-state index is 12.5. The van der Waals surface area contributed by atoms with Gasteiger partial charge in [0.05, 0.1) is 21.3 Å². The number of hydrogen-bond acceptors (Lipinski definition) is 5. The number of ether oxygens (including phenoxy) is 3. The van der Waals surface area contributed by atoms with Gasteiger partial charge in [0, 0.05) is 35.3 Å². The standard InChI is InChI=1S/C23H23N3O4/c1-28-20-12-22(30-3)21(29-2)11-16(20)10-17(13-24)23(27)25-9-8-15-14-26-19-7-5-4-6-18(15)19/h4-7,10-12,14,26H,8-9H2,1-3H3,(H,25,27)/b17-10-. The number of hydrogen-bond donors (Lipinski definition) is 2. The van der Waals surface area contributed by atoms with Crippen molar-refractivity contribution in [1.29, 1.82) is 5.26 Å². The normalized spacial score (nSPS) is 11.1. The van der Waals surface area contributed by atoms with Crippen molar-refractivity contribution in [2.45, 2.75) is 6.42 Å². The van der Waals surface area contributed by atoms with Crippen molar-refractivity contribution in [3.05, 3.63) is 59.3 Å². The average Bonchev–Trinajstić information content (AvgIpc) is 3.19. The van der Waals surface area contributed by atoms with Gasteiger partial charge >= 0.3 is 0 Å². The number of carbonyl (C=O) groups excluding carboxylic acids is 1. The summed E-state index contributed by atoms with van der Waals surface area (Å²) in [4.78, 5) is 15.8. The summed E-state index contributed by atoms with van der Waals surface area (Å²) in [5, 5.41) is 13.4. The van der Waals surface area contributed by atoms with Crippen LogP contribution in [0.3, 0.4) is 0 Å². The van der Waals surface area contributed by atoms with Crippen LogP contribution < -0.4 is 19.5 Å². The zero-order chi connectivity index (χ0) is 21.5. The van der Waals surface area contributed by atoms with E-state index in [1.54, 1.807) is 12.1 Å². The molecule has 0 saturated heterocycles. The van der Waals surface area contributed by atoms with Gasteiger partial charge in [0.15, 0.2) is 11.5 Å². The van der Waals surface area contributed by atoms with Gasteiger partial charge in [-0.05, 0) is 30.2 Å². The van der Waals surface area contributed by atoms with Crippen molar-refractivity contribution >= 4 is 22.9 Å². The molecule has 0 aliphatic carbocycles. The molecule has 154 valence electrons. The molecule has 0 radical (unpaired) electrons. The molecule has 0 saturated carbocycles. The van der Waals surface area contributed by atoms with Crippen LogP contribution in [0.25, 0.3) is 17.0 Å². The van der Waals surface area contributed by atoms with Crippen LogP contribution in [0, 0.1) is 11.3 Å². The second kappa shape index (κ2) is 9.52. The fourth-order valence-electron chi connectivity index (χ4n) is 3.21. The molecule has 0 unspecified atom stereocenters. The molecule has 30 heavy (non-hydrogen) atoms. The van der Waals surface area contributed by atoms with Crippen LogP contribution in [0.2, 0.25) is 0 Å². The number of para-hydroxylation sites is 1. The lowest BCUT2D eigenvalue weighted by Crippen LogP contribution is -2.26. The minimum absolute atomic E-state index is 0.0283. The van der Waals surface area contributed by atoms with Crippen molar-refractivity contribution in [2.75, 3.05) is 27.9 Å². The second-order valence-electron chi connectivity index (χ2n) is 6.48. The molecule has 0 fully saturated rings. The Morgan fingerprint density at radius 2 is 1.80 bits per heavy atom. The van der Waals surface area contributed by atoms with Crippen LogP contribution in [0.5, 0.6) is 17.2 Å². The van der Waals surface area contributed by atoms with Crippen LogP contribution in [0.4, 0.5) is 0 Å². The van der Waals surface area contributed by atoms with Gasteiger partial charge in [-0.3, -0.25) is 4.79 Å². The van der Waals surface area contributed by atoms with Crippen molar-refractivity contribution in [3.8, 4) is 23.3 Å². The third kappa shape index (κ3) is 4.39.